The fraction of sp³-hybridized carbons (Fsp3) is 0.562. The molecule has 2 nitrogen and oxygen atoms in total. The van der Waals surface area contributed by atoms with Crippen molar-refractivity contribution in [2.24, 2.45) is 17.8 Å². The summed E-state index contributed by atoms with van der Waals surface area (Å²) < 4.78 is 44.5. The van der Waals surface area contributed by atoms with E-state index in [4.69, 9.17) is 4.74 Å². The first-order chi connectivity index (χ1) is 9.97. The zero-order valence-electron chi connectivity index (χ0n) is 11.5. The molecule has 3 atom stereocenters. The molecule has 2 fully saturated rings. The summed E-state index contributed by atoms with van der Waals surface area (Å²) in [5.74, 6) is 1.55. The van der Waals surface area contributed by atoms with Crippen molar-refractivity contribution in [3.05, 3.63) is 29.3 Å². The number of alkyl halides is 3. The maximum atomic E-state index is 13.0. The highest BCUT2D eigenvalue weighted by Gasteiger charge is 2.40. The Bertz CT molecular complexity index is 539. The van der Waals surface area contributed by atoms with E-state index in [0.29, 0.717) is 24.7 Å². The summed E-state index contributed by atoms with van der Waals surface area (Å²) in [6.07, 6.45) is 0.596. The molecule has 0 saturated heterocycles. The molecule has 0 aromatic heterocycles. The van der Waals surface area contributed by atoms with Crippen molar-refractivity contribution in [2.75, 3.05) is 6.61 Å². The number of aldehydes is 1. The van der Waals surface area contributed by atoms with Crippen LogP contribution >= 0.6 is 0 Å². The Balaban J connectivity index is 1.74. The topological polar surface area (TPSA) is 26.3 Å². The van der Waals surface area contributed by atoms with E-state index < -0.39 is 11.7 Å². The Kier molecular flexibility index (Phi) is 3.68. The molecule has 1 aromatic rings. The summed E-state index contributed by atoms with van der Waals surface area (Å²) >= 11 is 0. The van der Waals surface area contributed by atoms with Crippen LogP contribution < -0.4 is 4.74 Å². The van der Waals surface area contributed by atoms with Gasteiger partial charge in [0.25, 0.3) is 0 Å². The third-order valence-corrected chi connectivity index (χ3v) is 4.78. The number of halogens is 3. The van der Waals surface area contributed by atoms with Crippen molar-refractivity contribution in [3.8, 4) is 5.75 Å². The average Bonchev–Trinajstić information content (AvgIpc) is 3.06. The predicted octanol–water partition coefficient (Wildman–Crippen LogP) is 4.33. The second kappa shape index (κ2) is 5.35. The number of ether oxygens (including phenoxy) is 1. The average molecular weight is 298 g/mol. The number of rotatable bonds is 4. The first kappa shape index (κ1) is 14.4. The lowest BCUT2D eigenvalue weighted by molar-refractivity contribution is -0.139. The van der Waals surface area contributed by atoms with Crippen LogP contribution in [0.25, 0.3) is 0 Å². The van der Waals surface area contributed by atoms with Gasteiger partial charge in [0.1, 0.15) is 12.0 Å². The maximum Gasteiger partial charge on any atom is 0.419 e. The van der Waals surface area contributed by atoms with Crippen LogP contribution in [-0.4, -0.2) is 12.9 Å². The highest BCUT2D eigenvalue weighted by Crippen LogP contribution is 2.48. The number of fused-ring (bicyclic) bond motifs is 2. The van der Waals surface area contributed by atoms with E-state index in [1.54, 1.807) is 0 Å². The van der Waals surface area contributed by atoms with Gasteiger partial charge in [-0.15, -0.1) is 0 Å². The van der Waals surface area contributed by atoms with Gasteiger partial charge in [0.2, 0.25) is 0 Å². The van der Waals surface area contributed by atoms with Crippen LogP contribution in [0.1, 0.15) is 41.6 Å². The fourth-order valence-corrected chi connectivity index (χ4v) is 3.75. The second-order valence-corrected chi connectivity index (χ2v) is 6.12. The van der Waals surface area contributed by atoms with Crippen LogP contribution in [0.2, 0.25) is 0 Å². The smallest absolute Gasteiger partial charge is 0.419 e. The highest BCUT2D eigenvalue weighted by atomic mass is 19.4. The zero-order chi connectivity index (χ0) is 15.0. The number of carbonyl (C=O) groups excluding carboxylic acids is 1. The molecule has 2 bridgehead atoms. The summed E-state index contributed by atoms with van der Waals surface area (Å²) in [6, 6.07) is 3.46. The molecule has 21 heavy (non-hydrogen) atoms. The van der Waals surface area contributed by atoms with E-state index in [2.05, 4.69) is 0 Å². The Morgan fingerprint density at radius 2 is 2.05 bits per heavy atom. The summed E-state index contributed by atoms with van der Waals surface area (Å²) in [4.78, 5) is 10.6. The molecular weight excluding hydrogens is 281 g/mol. The van der Waals surface area contributed by atoms with Crippen molar-refractivity contribution in [1.82, 2.24) is 0 Å². The van der Waals surface area contributed by atoms with Crippen LogP contribution in [-0.2, 0) is 6.18 Å². The molecule has 0 spiro atoms. The molecule has 3 unspecified atom stereocenters. The minimum absolute atomic E-state index is 0.00889. The van der Waals surface area contributed by atoms with Gasteiger partial charge < -0.3 is 4.74 Å². The Morgan fingerprint density at radius 3 is 2.62 bits per heavy atom. The van der Waals surface area contributed by atoms with Gasteiger partial charge in [0, 0.05) is 5.56 Å². The van der Waals surface area contributed by atoms with Gasteiger partial charge >= 0.3 is 6.18 Å². The van der Waals surface area contributed by atoms with Crippen LogP contribution in [0.3, 0.4) is 0 Å². The molecule has 0 heterocycles. The quantitative estimate of drug-likeness (QED) is 0.773. The number of carbonyl (C=O) groups is 1. The molecular formula is C16H17F3O2. The molecule has 0 radical (unpaired) electrons. The monoisotopic (exact) mass is 298 g/mol. The van der Waals surface area contributed by atoms with E-state index >= 15 is 0 Å². The molecule has 0 amide bonds. The third-order valence-electron chi connectivity index (χ3n) is 4.78. The summed E-state index contributed by atoms with van der Waals surface area (Å²) in [6.45, 7) is 0.338. The van der Waals surface area contributed by atoms with Gasteiger partial charge in [0.15, 0.2) is 0 Å². The number of hydrogen-bond donors (Lipinski definition) is 0. The lowest BCUT2D eigenvalue weighted by atomic mass is 9.89. The SMILES string of the molecule is O=Cc1ccc(OCC2CC3CCC2C3)c(C(F)(F)F)c1. The summed E-state index contributed by atoms with van der Waals surface area (Å²) in [5.41, 5.74) is -0.857. The largest absolute Gasteiger partial charge is 0.493 e. The van der Waals surface area contributed by atoms with Gasteiger partial charge in [0.05, 0.1) is 12.2 Å². The Hall–Kier alpha value is -1.52. The Morgan fingerprint density at radius 1 is 1.24 bits per heavy atom. The third kappa shape index (κ3) is 2.92. The first-order valence-electron chi connectivity index (χ1n) is 7.26. The molecule has 2 aliphatic carbocycles. The van der Waals surface area contributed by atoms with E-state index in [9.17, 15) is 18.0 Å². The minimum Gasteiger partial charge on any atom is -0.493 e. The van der Waals surface area contributed by atoms with Gasteiger partial charge in [-0.2, -0.15) is 13.2 Å². The normalized spacial score (nSPS) is 27.9. The zero-order valence-corrected chi connectivity index (χ0v) is 11.5. The van der Waals surface area contributed by atoms with Crippen LogP contribution in [0.5, 0.6) is 5.75 Å². The molecule has 0 N–H and O–H groups in total. The highest BCUT2D eigenvalue weighted by molar-refractivity contribution is 5.75. The number of hydrogen-bond acceptors (Lipinski definition) is 2. The van der Waals surface area contributed by atoms with Crippen LogP contribution in [0.15, 0.2) is 18.2 Å². The second-order valence-electron chi connectivity index (χ2n) is 6.12. The van der Waals surface area contributed by atoms with E-state index in [0.717, 1.165) is 18.4 Å². The van der Waals surface area contributed by atoms with Gasteiger partial charge in [-0.05, 0) is 55.2 Å². The van der Waals surface area contributed by atoms with Gasteiger partial charge in [-0.25, -0.2) is 0 Å². The van der Waals surface area contributed by atoms with Gasteiger partial charge in [-0.3, -0.25) is 4.79 Å². The molecule has 1 aromatic carbocycles. The van der Waals surface area contributed by atoms with Gasteiger partial charge in [-0.1, -0.05) is 6.42 Å². The Labute approximate surface area is 121 Å². The molecule has 2 aliphatic rings. The van der Waals surface area contributed by atoms with E-state index in [1.165, 1.54) is 31.4 Å². The molecule has 0 aliphatic heterocycles. The summed E-state index contributed by atoms with van der Waals surface area (Å²) in [5, 5.41) is 0. The lowest BCUT2D eigenvalue weighted by Crippen LogP contribution is -2.20. The molecule has 114 valence electrons. The maximum absolute atomic E-state index is 13.0. The molecule has 2 saturated carbocycles. The van der Waals surface area contributed by atoms with Crippen molar-refractivity contribution in [3.63, 3.8) is 0 Å². The molecule has 5 heteroatoms. The lowest BCUT2D eigenvalue weighted by Gasteiger charge is -2.23. The fourth-order valence-electron chi connectivity index (χ4n) is 3.75. The predicted molar refractivity (Wildman–Crippen MR) is 71.3 cm³/mol. The van der Waals surface area contributed by atoms with Crippen molar-refractivity contribution >= 4 is 6.29 Å². The van der Waals surface area contributed by atoms with Crippen molar-refractivity contribution in [2.45, 2.75) is 31.9 Å². The summed E-state index contributed by atoms with van der Waals surface area (Å²) in [7, 11) is 0. The molecule has 3 rings (SSSR count). The first-order valence-corrected chi connectivity index (χ1v) is 7.26. The van der Waals surface area contributed by atoms with E-state index in [-0.39, 0.29) is 11.3 Å². The van der Waals surface area contributed by atoms with Crippen LogP contribution in [0.4, 0.5) is 13.2 Å². The number of benzene rings is 1. The van der Waals surface area contributed by atoms with Crippen LogP contribution in [0, 0.1) is 17.8 Å². The standard InChI is InChI=1S/C16H17F3O2/c17-16(18,19)14-7-11(8-20)2-4-15(14)21-9-13-6-10-1-3-12(13)5-10/h2,4,7-8,10,12-13H,1,3,5-6,9H2. The van der Waals surface area contributed by atoms with E-state index in [1.807, 2.05) is 0 Å². The van der Waals surface area contributed by atoms with Crippen molar-refractivity contribution < 1.29 is 22.7 Å². The van der Waals surface area contributed by atoms with Crippen molar-refractivity contribution in [1.29, 1.82) is 0 Å². The minimum atomic E-state index is -4.51.